The number of rotatable bonds is 14. The summed E-state index contributed by atoms with van der Waals surface area (Å²) in [6.07, 6.45) is 14.1. The second-order valence-corrected chi connectivity index (χ2v) is 6.99. The van der Waals surface area contributed by atoms with Crippen LogP contribution in [-0.2, 0) is 19.1 Å². The molecule has 4 nitrogen and oxygen atoms in total. The molecular weight excluding hydrogens is 316 g/mol. The van der Waals surface area contributed by atoms with Gasteiger partial charge in [-0.25, -0.2) is 0 Å². The third kappa shape index (κ3) is 8.55. The molecule has 0 saturated carbocycles. The van der Waals surface area contributed by atoms with Crippen LogP contribution < -0.4 is 0 Å². The molecule has 0 aromatic heterocycles. The lowest BCUT2D eigenvalue weighted by Crippen LogP contribution is -2.16. The molecule has 0 bridgehead atoms. The summed E-state index contributed by atoms with van der Waals surface area (Å²) in [6, 6.07) is 0. The number of hydrogen-bond acceptors (Lipinski definition) is 4. The van der Waals surface area contributed by atoms with E-state index in [1.807, 2.05) is 6.92 Å². The molecule has 0 saturated heterocycles. The Kier molecular flexibility index (Phi) is 11.3. The number of carbonyl (C=O) groups is 2. The third-order valence-electron chi connectivity index (χ3n) is 4.69. The molecule has 1 rings (SSSR count). The van der Waals surface area contributed by atoms with Gasteiger partial charge >= 0.3 is 5.97 Å². The molecule has 0 radical (unpaired) electrons. The van der Waals surface area contributed by atoms with Crippen LogP contribution >= 0.6 is 0 Å². The van der Waals surface area contributed by atoms with Gasteiger partial charge in [0.05, 0.1) is 0 Å². The zero-order chi connectivity index (χ0) is 18.5. The maximum absolute atomic E-state index is 11.9. The van der Waals surface area contributed by atoms with Crippen LogP contribution in [0.3, 0.4) is 0 Å². The third-order valence-corrected chi connectivity index (χ3v) is 4.69. The molecule has 1 atom stereocenters. The van der Waals surface area contributed by atoms with Crippen LogP contribution in [0.5, 0.6) is 0 Å². The van der Waals surface area contributed by atoms with Gasteiger partial charge in [-0.3, -0.25) is 9.59 Å². The second kappa shape index (κ2) is 13.0. The van der Waals surface area contributed by atoms with Gasteiger partial charge in [0.15, 0.2) is 6.10 Å². The highest BCUT2D eigenvalue weighted by Gasteiger charge is 2.33. The van der Waals surface area contributed by atoms with Gasteiger partial charge < -0.3 is 9.47 Å². The topological polar surface area (TPSA) is 52.6 Å². The first-order valence-corrected chi connectivity index (χ1v) is 10.2. The van der Waals surface area contributed by atoms with Crippen molar-refractivity contribution in [1.29, 1.82) is 0 Å². The summed E-state index contributed by atoms with van der Waals surface area (Å²) in [4.78, 5) is 23.8. The molecule has 1 unspecified atom stereocenters. The number of Topliss-reactive ketones (excluding diaryl/α,β-unsaturated/α-hetero) is 1. The van der Waals surface area contributed by atoms with E-state index in [4.69, 9.17) is 9.47 Å². The lowest BCUT2D eigenvalue weighted by atomic mass is 10.1. The number of carbonyl (C=O) groups excluding carboxylic acids is 2. The summed E-state index contributed by atoms with van der Waals surface area (Å²) >= 11 is 0. The number of ether oxygens (including phenoxy) is 2. The van der Waals surface area contributed by atoms with E-state index in [-0.39, 0.29) is 17.5 Å². The van der Waals surface area contributed by atoms with Gasteiger partial charge in [-0.2, -0.15) is 0 Å². The van der Waals surface area contributed by atoms with Crippen LogP contribution in [0, 0.1) is 0 Å². The van der Waals surface area contributed by atoms with Crippen molar-refractivity contribution < 1.29 is 19.1 Å². The minimum Gasteiger partial charge on any atom is -0.483 e. The van der Waals surface area contributed by atoms with Crippen molar-refractivity contribution >= 4 is 11.8 Å². The average Bonchev–Trinajstić information content (AvgIpc) is 2.87. The van der Waals surface area contributed by atoms with Crippen molar-refractivity contribution in [2.75, 3.05) is 0 Å². The van der Waals surface area contributed by atoms with Gasteiger partial charge in [0.1, 0.15) is 5.76 Å². The molecule has 4 heteroatoms. The maximum atomic E-state index is 11.9. The van der Waals surface area contributed by atoms with Gasteiger partial charge in [0.25, 0.3) is 0 Å². The Balaban J connectivity index is 2.03. The molecule has 144 valence electrons. The fourth-order valence-electron chi connectivity index (χ4n) is 3.09. The highest BCUT2D eigenvalue weighted by atomic mass is 16.6. The van der Waals surface area contributed by atoms with Crippen LogP contribution in [0.2, 0.25) is 0 Å². The number of ketones is 1. The number of esters is 1. The number of allylic oxidation sites excluding steroid dienone is 1. The SMILES string of the molecule is CCCCCCCCCCCCCC(=O)OC1=C(CC)OC(C)C1=O. The fourth-order valence-corrected chi connectivity index (χ4v) is 3.09. The van der Waals surface area contributed by atoms with Crippen molar-refractivity contribution in [2.45, 2.75) is 110 Å². The first kappa shape index (κ1) is 21.7. The van der Waals surface area contributed by atoms with E-state index in [1.165, 1.54) is 57.8 Å². The van der Waals surface area contributed by atoms with Gasteiger partial charge in [0, 0.05) is 12.8 Å². The quantitative estimate of drug-likeness (QED) is 0.291. The fraction of sp³-hybridized carbons (Fsp3) is 0.810. The highest BCUT2D eigenvalue weighted by Crippen LogP contribution is 2.25. The molecule has 1 heterocycles. The molecule has 0 spiro atoms. The van der Waals surface area contributed by atoms with Crippen LogP contribution in [0.4, 0.5) is 0 Å². The minimum atomic E-state index is -0.528. The standard InChI is InChI=1S/C21H36O4/c1-4-6-7-8-9-10-11-12-13-14-15-16-19(22)25-21-18(5-2)24-17(3)20(21)23/h17H,4-16H2,1-3H3. The molecule has 0 N–H and O–H groups in total. The smallest absolute Gasteiger partial charge is 0.311 e. The lowest BCUT2D eigenvalue weighted by molar-refractivity contribution is -0.142. The Morgan fingerprint density at radius 2 is 1.44 bits per heavy atom. The summed E-state index contributed by atoms with van der Waals surface area (Å²) in [5.41, 5.74) is 0. The molecule has 0 fully saturated rings. The maximum Gasteiger partial charge on any atom is 0.311 e. The number of hydrogen-bond donors (Lipinski definition) is 0. The zero-order valence-electron chi connectivity index (χ0n) is 16.4. The summed E-state index contributed by atoms with van der Waals surface area (Å²) in [7, 11) is 0. The molecule has 1 aliphatic heterocycles. The summed E-state index contributed by atoms with van der Waals surface area (Å²) in [5.74, 6) is 0.0971. The molecular formula is C21H36O4. The monoisotopic (exact) mass is 352 g/mol. The van der Waals surface area contributed by atoms with Crippen LogP contribution in [0.25, 0.3) is 0 Å². The van der Waals surface area contributed by atoms with E-state index in [2.05, 4.69) is 6.92 Å². The Morgan fingerprint density at radius 1 is 0.920 bits per heavy atom. The number of unbranched alkanes of at least 4 members (excludes halogenated alkanes) is 10. The van der Waals surface area contributed by atoms with E-state index in [0.29, 0.717) is 18.6 Å². The average molecular weight is 353 g/mol. The van der Waals surface area contributed by atoms with Gasteiger partial charge in [-0.05, 0) is 13.3 Å². The molecule has 25 heavy (non-hydrogen) atoms. The first-order chi connectivity index (χ1) is 12.1. The van der Waals surface area contributed by atoms with Crippen LogP contribution in [0.1, 0.15) is 104 Å². The van der Waals surface area contributed by atoms with Crippen LogP contribution in [0.15, 0.2) is 11.5 Å². The van der Waals surface area contributed by atoms with E-state index < -0.39 is 6.10 Å². The molecule has 0 aliphatic carbocycles. The molecule has 0 amide bonds. The Hall–Kier alpha value is -1.32. The summed E-state index contributed by atoms with van der Waals surface area (Å²) < 4.78 is 10.7. The van der Waals surface area contributed by atoms with Gasteiger partial charge in [-0.15, -0.1) is 0 Å². The predicted octanol–water partition coefficient (Wildman–Crippen LogP) is 5.84. The molecule has 0 aromatic rings. The van der Waals surface area contributed by atoms with Crippen LogP contribution in [-0.4, -0.2) is 17.9 Å². The summed E-state index contributed by atoms with van der Waals surface area (Å²) in [6.45, 7) is 5.82. The predicted molar refractivity (Wildman–Crippen MR) is 100 cm³/mol. The van der Waals surface area contributed by atoms with Crippen molar-refractivity contribution in [3.8, 4) is 0 Å². The van der Waals surface area contributed by atoms with E-state index in [0.717, 1.165) is 12.8 Å². The van der Waals surface area contributed by atoms with E-state index in [9.17, 15) is 9.59 Å². The van der Waals surface area contributed by atoms with E-state index in [1.54, 1.807) is 6.92 Å². The van der Waals surface area contributed by atoms with E-state index >= 15 is 0 Å². The van der Waals surface area contributed by atoms with Crippen molar-refractivity contribution in [3.05, 3.63) is 11.5 Å². The molecule has 1 aliphatic rings. The Labute approximate surface area is 153 Å². The van der Waals surface area contributed by atoms with Crippen molar-refractivity contribution in [1.82, 2.24) is 0 Å². The Morgan fingerprint density at radius 3 is 1.96 bits per heavy atom. The van der Waals surface area contributed by atoms with Gasteiger partial charge in [0.2, 0.25) is 11.5 Å². The largest absolute Gasteiger partial charge is 0.483 e. The van der Waals surface area contributed by atoms with Gasteiger partial charge in [-0.1, -0.05) is 78.1 Å². The normalized spacial score (nSPS) is 17.1. The first-order valence-electron chi connectivity index (χ1n) is 10.2. The van der Waals surface area contributed by atoms with Crippen molar-refractivity contribution in [3.63, 3.8) is 0 Å². The zero-order valence-corrected chi connectivity index (χ0v) is 16.4. The minimum absolute atomic E-state index is 0.128. The second-order valence-electron chi connectivity index (χ2n) is 6.99. The summed E-state index contributed by atoms with van der Waals surface area (Å²) in [5, 5.41) is 0. The molecule has 0 aromatic carbocycles. The highest BCUT2D eigenvalue weighted by molar-refractivity contribution is 6.00. The lowest BCUT2D eigenvalue weighted by Gasteiger charge is -2.05. The Bertz CT molecular complexity index is 439. The van der Waals surface area contributed by atoms with Crippen molar-refractivity contribution in [2.24, 2.45) is 0 Å².